The number of anilines is 1. The smallest absolute Gasteiger partial charge is 0.350 e. The van der Waals surface area contributed by atoms with E-state index in [9.17, 15) is 4.79 Å². The Morgan fingerprint density at radius 3 is 2.92 bits per heavy atom. The van der Waals surface area contributed by atoms with Gasteiger partial charge in [-0.1, -0.05) is 0 Å². The van der Waals surface area contributed by atoms with E-state index in [1.54, 1.807) is 31.3 Å². The normalized spacial score (nSPS) is 15.2. The van der Waals surface area contributed by atoms with Crippen molar-refractivity contribution in [3.05, 3.63) is 30.1 Å². The number of morpholine rings is 1. The molecule has 0 radical (unpaired) electrons. The first kappa shape index (κ1) is 19.7. The Labute approximate surface area is 153 Å². The fourth-order valence-corrected chi connectivity index (χ4v) is 2.34. The van der Waals surface area contributed by atoms with E-state index >= 15 is 0 Å². The summed E-state index contributed by atoms with van der Waals surface area (Å²) in [4.78, 5) is 18.1. The fraction of sp³-hybridized carbons (Fsp3) is 0.500. The van der Waals surface area contributed by atoms with Crippen LogP contribution in [0.1, 0.15) is 13.3 Å². The van der Waals surface area contributed by atoms with Gasteiger partial charge in [0.15, 0.2) is 5.57 Å². The Kier molecular flexibility index (Phi) is 8.39. The largest absolute Gasteiger partial charge is 0.478 e. The van der Waals surface area contributed by atoms with E-state index in [0.29, 0.717) is 18.2 Å². The molecule has 140 valence electrons. The summed E-state index contributed by atoms with van der Waals surface area (Å²) in [5.74, 6) is -0.122. The van der Waals surface area contributed by atoms with E-state index < -0.39 is 5.97 Å². The summed E-state index contributed by atoms with van der Waals surface area (Å²) in [7, 11) is 0. The number of nitrogens with zero attached hydrogens (tertiary/aromatic N) is 3. The third kappa shape index (κ3) is 6.70. The van der Waals surface area contributed by atoms with Crippen LogP contribution in [0, 0.1) is 11.3 Å². The van der Waals surface area contributed by atoms with Crippen LogP contribution in [0.3, 0.4) is 0 Å². The summed E-state index contributed by atoms with van der Waals surface area (Å²) >= 11 is 0. The monoisotopic (exact) mass is 360 g/mol. The SMILES string of the molecule is CCOC(=O)/C(C#N)=C\Nc1ccc(OCCCN2CCOCC2)nc1. The van der Waals surface area contributed by atoms with Gasteiger partial charge >= 0.3 is 5.97 Å². The molecule has 8 nitrogen and oxygen atoms in total. The molecular weight excluding hydrogens is 336 g/mol. The van der Waals surface area contributed by atoms with Gasteiger partial charge in [0, 0.05) is 31.9 Å². The molecule has 0 aromatic carbocycles. The molecule has 0 atom stereocenters. The Morgan fingerprint density at radius 1 is 1.46 bits per heavy atom. The van der Waals surface area contributed by atoms with Crippen molar-refractivity contribution in [2.45, 2.75) is 13.3 Å². The third-order valence-corrected chi connectivity index (χ3v) is 3.71. The van der Waals surface area contributed by atoms with Crippen LogP contribution in [0.25, 0.3) is 0 Å². The Morgan fingerprint density at radius 2 is 2.27 bits per heavy atom. The summed E-state index contributed by atoms with van der Waals surface area (Å²) in [6, 6.07) is 5.30. The first-order valence-electron chi connectivity index (χ1n) is 8.65. The van der Waals surface area contributed by atoms with E-state index in [-0.39, 0.29) is 12.2 Å². The topological polar surface area (TPSA) is 96.7 Å². The van der Waals surface area contributed by atoms with Crippen LogP contribution in [-0.4, -0.2) is 61.9 Å². The van der Waals surface area contributed by atoms with E-state index in [1.165, 1.54) is 6.20 Å². The van der Waals surface area contributed by atoms with Crippen LogP contribution >= 0.6 is 0 Å². The van der Waals surface area contributed by atoms with Gasteiger partial charge in [0.1, 0.15) is 6.07 Å². The molecule has 0 unspecified atom stereocenters. The van der Waals surface area contributed by atoms with Gasteiger partial charge in [-0.3, -0.25) is 4.90 Å². The van der Waals surface area contributed by atoms with E-state index in [1.807, 2.05) is 0 Å². The zero-order chi connectivity index (χ0) is 18.6. The van der Waals surface area contributed by atoms with Gasteiger partial charge in [0.25, 0.3) is 0 Å². The van der Waals surface area contributed by atoms with Crippen molar-refractivity contribution in [2.24, 2.45) is 0 Å². The van der Waals surface area contributed by atoms with Crippen molar-refractivity contribution in [1.29, 1.82) is 5.26 Å². The highest BCUT2D eigenvalue weighted by Gasteiger charge is 2.10. The van der Waals surface area contributed by atoms with Crippen molar-refractivity contribution in [1.82, 2.24) is 9.88 Å². The number of pyridine rings is 1. The number of hydrogen-bond donors (Lipinski definition) is 1. The predicted molar refractivity (Wildman–Crippen MR) is 95.6 cm³/mol. The molecule has 1 aromatic rings. The molecule has 2 heterocycles. The minimum atomic E-state index is -0.657. The lowest BCUT2D eigenvalue weighted by Gasteiger charge is -2.26. The van der Waals surface area contributed by atoms with Gasteiger partial charge in [0.05, 0.1) is 38.3 Å². The predicted octanol–water partition coefficient (Wildman–Crippen LogP) is 1.57. The van der Waals surface area contributed by atoms with Gasteiger partial charge in [0.2, 0.25) is 5.88 Å². The first-order chi connectivity index (χ1) is 12.7. The molecule has 0 amide bonds. The molecule has 0 spiro atoms. The Balaban J connectivity index is 1.73. The number of hydrogen-bond acceptors (Lipinski definition) is 8. The van der Waals surface area contributed by atoms with Crippen molar-refractivity contribution in [3.63, 3.8) is 0 Å². The molecule has 1 fully saturated rings. The molecule has 1 aromatic heterocycles. The summed E-state index contributed by atoms with van der Waals surface area (Å²) < 4.78 is 15.7. The summed E-state index contributed by atoms with van der Waals surface area (Å²) in [6.45, 7) is 7.03. The lowest BCUT2D eigenvalue weighted by molar-refractivity contribution is -0.138. The van der Waals surface area contributed by atoms with Crippen molar-refractivity contribution in [3.8, 4) is 11.9 Å². The average molecular weight is 360 g/mol. The fourth-order valence-electron chi connectivity index (χ4n) is 2.34. The van der Waals surface area contributed by atoms with E-state index in [4.69, 9.17) is 19.5 Å². The quantitative estimate of drug-likeness (QED) is 0.307. The Hall–Kier alpha value is -2.63. The highest BCUT2D eigenvalue weighted by molar-refractivity contribution is 5.93. The number of ether oxygens (including phenoxy) is 3. The van der Waals surface area contributed by atoms with Crippen molar-refractivity contribution >= 4 is 11.7 Å². The number of aromatic nitrogens is 1. The molecule has 0 saturated carbocycles. The minimum absolute atomic E-state index is 0.102. The molecule has 26 heavy (non-hydrogen) atoms. The van der Waals surface area contributed by atoms with Crippen molar-refractivity contribution < 1.29 is 19.0 Å². The van der Waals surface area contributed by atoms with Crippen molar-refractivity contribution in [2.75, 3.05) is 51.4 Å². The number of nitrogens with one attached hydrogen (secondary N) is 1. The van der Waals surface area contributed by atoms with Gasteiger partial charge in [-0.2, -0.15) is 5.26 Å². The maximum atomic E-state index is 11.5. The average Bonchev–Trinajstić information content (AvgIpc) is 2.68. The third-order valence-electron chi connectivity index (χ3n) is 3.71. The van der Waals surface area contributed by atoms with E-state index in [2.05, 4.69) is 15.2 Å². The second-order valence-corrected chi connectivity index (χ2v) is 5.58. The van der Waals surface area contributed by atoms with Gasteiger partial charge in [-0.25, -0.2) is 9.78 Å². The molecule has 1 aliphatic rings. The highest BCUT2D eigenvalue weighted by Crippen LogP contribution is 2.12. The lowest BCUT2D eigenvalue weighted by Crippen LogP contribution is -2.37. The number of esters is 1. The molecule has 8 heteroatoms. The number of carbonyl (C=O) groups excluding carboxylic acids is 1. The molecule has 0 aliphatic carbocycles. The zero-order valence-corrected chi connectivity index (χ0v) is 14.9. The summed E-state index contributed by atoms with van der Waals surface area (Å²) in [6.07, 6.45) is 3.81. The lowest BCUT2D eigenvalue weighted by atomic mass is 10.3. The summed E-state index contributed by atoms with van der Waals surface area (Å²) in [5.41, 5.74) is 0.540. The van der Waals surface area contributed by atoms with Crippen LogP contribution < -0.4 is 10.1 Å². The molecule has 1 saturated heterocycles. The Bertz CT molecular complexity index is 634. The zero-order valence-electron chi connectivity index (χ0n) is 14.9. The molecule has 1 aliphatic heterocycles. The number of carbonyl (C=O) groups is 1. The van der Waals surface area contributed by atoms with Crippen LogP contribution in [0.5, 0.6) is 5.88 Å². The van der Waals surface area contributed by atoms with Crippen LogP contribution in [-0.2, 0) is 14.3 Å². The van der Waals surface area contributed by atoms with Gasteiger partial charge in [-0.05, 0) is 19.4 Å². The minimum Gasteiger partial charge on any atom is -0.478 e. The molecular formula is C18H24N4O4. The number of rotatable bonds is 9. The van der Waals surface area contributed by atoms with Crippen LogP contribution in [0.2, 0.25) is 0 Å². The van der Waals surface area contributed by atoms with Crippen LogP contribution in [0.15, 0.2) is 30.1 Å². The number of nitriles is 1. The maximum absolute atomic E-state index is 11.5. The van der Waals surface area contributed by atoms with Gasteiger partial charge < -0.3 is 19.5 Å². The van der Waals surface area contributed by atoms with Gasteiger partial charge in [-0.15, -0.1) is 0 Å². The van der Waals surface area contributed by atoms with E-state index in [0.717, 1.165) is 39.3 Å². The maximum Gasteiger partial charge on any atom is 0.350 e. The molecule has 1 N–H and O–H groups in total. The second kappa shape index (κ2) is 11.1. The summed E-state index contributed by atoms with van der Waals surface area (Å²) in [5, 5.41) is 11.8. The molecule has 0 bridgehead atoms. The first-order valence-corrected chi connectivity index (χ1v) is 8.65. The van der Waals surface area contributed by atoms with Crippen LogP contribution in [0.4, 0.5) is 5.69 Å². The standard InChI is InChI=1S/C18H24N4O4/c1-2-25-18(23)15(12-19)13-20-16-4-5-17(21-14-16)26-9-3-6-22-7-10-24-11-8-22/h4-5,13-14,20H,2-3,6-11H2,1H3/b15-13-. The highest BCUT2D eigenvalue weighted by atomic mass is 16.5. The molecule has 2 rings (SSSR count). The second-order valence-electron chi connectivity index (χ2n) is 5.58.